The summed E-state index contributed by atoms with van der Waals surface area (Å²) in [5, 5.41) is 13.4. The van der Waals surface area contributed by atoms with Crippen molar-refractivity contribution in [3.8, 4) is 0 Å². The smallest absolute Gasteiger partial charge is 0.256 e. The van der Waals surface area contributed by atoms with Crippen LogP contribution in [0.4, 0.5) is 0 Å². The first kappa shape index (κ1) is 14.7. The van der Waals surface area contributed by atoms with Crippen LogP contribution in [0.15, 0.2) is 12.4 Å². The maximum Gasteiger partial charge on any atom is 0.256 e. The van der Waals surface area contributed by atoms with Crippen LogP contribution in [0.2, 0.25) is 0 Å². The van der Waals surface area contributed by atoms with E-state index in [1.165, 1.54) is 0 Å². The summed E-state index contributed by atoms with van der Waals surface area (Å²) >= 11 is 0. The Hall–Kier alpha value is -1.36. The molecule has 1 atom stereocenters. The lowest BCUT2D eigenvalue weighted by Gasteiger charge is -2.19. The summed E-state index contributed by atoms with van der Waals surface area (Å²) < 4.78 is 1.78. The van der Waals surface area contributed by atoms with Gasteiger partial charge in [-0.3, -0.25) is 9.48 Å². The molecule has 5 nitrogen and oxygen atoms in total. The Morgan fingerprint density at radius 1 is 1.56 bits per heavy atom. The lowest BCUT2D eigenvalue weighted by Crippen LogP contribution is -2.29. The third-order valence-corrected chi connectivity index (χ3v) is 2.75. The number of rotatable bonds is 4. The molecule has 102 valence electrons. The fourth-order valence-electron chi connectivity index (χ4n) is 1.50. The van der Waals surface area contributed by atoms with Gasteiger partial charge >= 0.3 is 0 Å². The molecule has 1 amide bonds. The van der Waals surface area contributed by atoms with Gasteiger partial charge in [-0.25, -0.2) is 0 Å². The fourth-order valence-corrected chi connectivity index (χ4v) is 1.50. The van der Waals surface area contributed by atoms with Gasteiger partial charge in [0, 0.05) is 19.8 Å². The first-order valence-electron chi connectivity index (χ1n) is 6.20. The molecule has 0 aromatic carbocycles. The Bertz CT molecular complexity index is 405. The molecule has 0 saturated heterocycles. The molecule has 18 heavy (non-hydrogen) atoms. The van der Waals surface area contributed by atoms with E-state index in [0.717, 1.165) is 0 Å². The summed E-state index contributed by atoms with van der Waals surface area (Å²) in [6.07, 6.45) is 3.54. The molecule has 1 aromatic rings. The Labute approximate surface area is 108 Å². The second-order valence-electron chi connectivity index (χ2n) is 5.71. The van der Waals surface area contributed by atoms with Crippen LogP contribution in [-0.4, -0.2) is 45.4 Å². The highest BCUT2D eigenvalue weighted by atomic mass is 16.3. The van der Waals surface area contributed by atoms with E-state index in [-0.39, 0.29) is 11.4 Å². The number of amides is 1. The van der Waals surface area contributed by atoms with Crippen molar-refractivity contribution in [1.29, 1.82) is 0 Å². The number of aliphatic hydroxyl groups excluding tert-OH is 1. The van der Waals surface area contributed by atoms with Crippen molar-refractivity contribution >= 4 is 5.91 Å². The Kier molecular flexibility index (Phi) is 4.51. The van der Waals surface area contributed by atoms with Crippen LogP contribution in [0.5, 0.6) is 0 Å². The number of hydrogen-bond donors (Lipinski definition) is 1. The molecule has 0 aliphatic heterocycles. The van der Waals surface area contributed by atoms with Crippen molar-refractivity contribution < 1.29 is 9.90 Å². The lowest BCUT2D eigenvalue weighted by molar-refractivity contribution is 0.0769. The number of hydrogen-bond acceptors (Lipinski definition) is 3. The molecule has 5 heteroatoms. The van der Waals surface area contributed by atoms with E-state index in [0.29, 0.717) is 18.5 Å². The summed E-state index contributed by atoms with van der Waals surface area (Å²) in [5.74, 6) is -0.0637. The molecule has 1 N–H and O–H groups in total. The van der Waals surface area contributed by atoms with Gasteiger partial charge in [0.2, 0.25) is 0 Å². The van der Waals surface area contributed by atoms with Crippen LogP contribution in [0.1, 0.15) is 44.5 Å². The summed E-state index contributed by atoms with van der Waals surface area (Å²) in [6, 6.07) is 0. The van der Waals surface area contributed by atoms with Crippen molar-refractivity contribution in [1.82, 2.24) is 14.7 Å². The summed E-state index contributed by atoms with van der Waals surface area (Å²) in [7, 11) is 1.74. The zero-order valence-electron chi connectivity index (χ0n) is 11.8. The molecule has 0 fully saturated rings. The van der Waals surface area contributed by atoms with Gasteiger partial charge < -0.3 is 10.0 Å². The second-order valence-corrected chi connectivity index (χ2v) is 5.71. The van der Waals surface area contributed by atoms with Crippen LogP contribution in [0.25, 0.3) is 0 Å². The molecular weight excluding hydrogens is 230 g/mol. The normalized spacial score (nSPS) is 13.4. The Morgan fingerprint density at radius 2 is 2.17 bits per heavy atom. The van der Waals surface area contributed by atoms with Gasteiger partial charge in [0.1, 0.15) is 0 Å². The zero-order chi connectivity index (χ0) is 13.9. The predicted octanol–water partition coefficient (Wildman–Crippen LogP) is 1.48. The summed E-state index contributed by atoms with van der Waals surface area (Å²) in [4.78, 5) is 13.7. The van der Waals surface area contributed by atoms with E-state index in [1.807, 2.05) is 20.8 Å². The van der Waals surface area contributed by atoms with Crippen molar-refractivity contribution in [3.05, 3.63) is 18.0 Å². The maximum atomic E-state index is 12.1. The molecular formula is C13H23N3O2. The third kappa shape index (κ3) is 3.84. The standard InChI is InChI=1S/C13H23N3O2/c1-10(17)6-7-15(5)12(18)11-8-14-16(9-11)13(2,3)4/h8-10,17H,6-7H2,1-5H3. The van der Waals surface area contributed by atoms with Gasteiger partial charge in [0.25, 0.3) is 5.91 Å². The van der Waals surface area contributed by atoms with Crippen LogP contribution in [-0.2, 0) is 5.54 Å². The van der Waals surface area contributed by atoms with Gasteiger partial charge in [0.05, 0.1) is 23.4 Å². The largest absolute Gasteiger partial charge is 0.393 e. The number of carbonyl (C=O) groups is 1. The Balaban J connectivity index is 2.70. The van der Waals surface area contributed by atoms with Crippen LogP contribution in [0.3, 0.4) is 0 Å². The monoisotopic (exact) mass is 253 g/mol. The average molecular weight is 253 g/mol. The average Bonchev–Trinajstić information content (AvgIpc) is 2.73. The van der Waals surface area contributed by atoms with E-state index < -0.39 is 6.10 Å². The SMILES string of the molecule is CC(O)CCN(C)C(=O)c1cnn(C(C)(C)C)c1. The van der Waals surface area contributed by atoms with E-state index in [9.17, 15) is 9.90 Å². The van der Waals surface area contributed by atoms with Gasteiger partial charge in [0.15, 0.2) is 0 Å². The van der Waals surface area contributed by atoms with E-state index in [4.69, 9.17) is 0 Å². The predicted molar refractivity (Wildman–Crippen MR) is 70.5 cm³/mol. The highest BCUT2D eigenvalue weighted by molar-refractivity contribution is 5.93. The molecule has 1 unspecified atom stereocenters. The van der Waals surface area contributed by atoms with Crippen molar-refractivity contribution in [2.45, 2.75) is 45.8 Å². The van der Waals surface area contributed by atoms with Crippen LogP contribution < -0.4 is 0 Å². The molecule has 0 aliphatic carbocycles. The first-order chi connectivity index (χ1) is 8.21. The highest BCUT2D eigenvalue weighted by Crippen LogP contribution is 2.14. The number of aromatic nitrogens is 2. The van der Waals surface area contributed by atoms with Gasteiger partial charge in [-0.1, -0.05) is 0 Å². The van der Waals surface area contributed by atoms with E-state index >= 15 is 0 Å². The molecule has 1 rings (SSSR count). The minimum absolute atomic E-state index is 0.0637. The number of nitrogens with zero attached hydrogens (tertiary/aromatic N) is 3. The molecule has 1 heterocycles. The summed E-state index contributed by atoms with van der Waals surface area (Å²) in [5.41, 5.74) is 0.453. The van der Waals surface area contributed by atoms with Gasteiger partial charge in [-0.05, 0) is 34.1 Å². The first-order valence-corrected chi connectivity index (χ1v) is 6.20. The lowest BCUT2D eigenvalue weighted by atomic mass is 10.1. The molecule has 0 spiro atoms. The van der Waals surface area contributed by atoms with Gasteiger partial charge in [-0.15, -0.1) is 0 Å². The second kappa shape index (κ2) is 5.52. The minimum atomic E-state index is -0.391. The summed E-state index contributed by atoms with van der Waals surface area (Å²) in [6.45, 7) is 8.36. The molecule has 0 aliphatic rings. The maximum absolute atomic E-state index is 12.1. The Morgan fingerprint density at radius 3 is 2.61 bits per heavy atom. The van der Waals surface area contributed by atoms with E-state index in [1.54, 1.807) is 35.9 Å². The highest BCUT2D eigenvalue weighted by Gasteiger charge is 2.18. The molecule has 1 aromatic heterocycles. The minimum Gasteiger partial charge on any atom is -0.393 e. The van der Waals surface area contributed by atoms with Crippen molar-refractivity contribution in [3.63, 3.8) is 0 Å². The third-order valence-electron chi connectivity index (χ3n) is 2.75. The number of aliphatic hydroxyl groups is 1. The quantitative estimate of drug-likeness (QED) is 0.884. The fraction of sp³-hybridized carbons (Fsp3) is 0.692. The zero-order valence-corrected chi connectivity index (χ0v) is 11.8. The van der Waals surface area contributed by atoms with Crippen molar-refractivity contribution in [2.24, 2.45) is 0 Å². The van der Waals surface area contributed by atoms with Crippen molar-refractivity contribution in [2.75, 3.05) is 13.6 Å². The molecule has 0 saturated carbocycles. The van der Waals surface area contributed by atoms with E-state index in [2.05, 4.69) is 5.10 Å². The molecule has 0 radical (unpaired) electrons. The van der Waals surface area contributed by atoms with Crippen LogP contribution in [0, 0.1) is 0 Å². The van der Waals surface area contributed by atoms with Crippen LogP contribution >= 0.6 is 0 Å². The number of carbonyl (C=O) groups excluding carboxylic acids is 1. The molecule has 0 bridgehead atoms. The topological polar surface area (TPSA) is 58.4 Å². The van der Waals surface area contributed by atoms with Gasteiger partial charge in [-0.2, -0.15) is 5.10 Å².